The topological polar surface area (TPSA) is 51.0 Å². The lowest BCUT2D eigenvalue weighted by molar-refractivity contribution is -0.131. The number of hydrogen-bond donors (Lipinski definition) is 0. The average molecular weight is 272 g/mol. The lowest BCUT2D eigenvalue weighted by atomic mass is 10.2. The van der Waals surface area contributed by atoms with Crippen molar-refractivity contribution in [1.29, 1.82) is 0 Å². The first-order valence-electron chi connectivity index (χ1n) is 6.84. The molecule has 0 aliphatic carbocycles. The summed E-state index contributed by atoms with van der Waals surface area (Å²) in [4.78, 5) is 18.1. The first-order valence-corrected chi connectivity index (χ1v) is 6.84. The molecule has 0 aromatic carbocycles. The van der Waals surface area contributed by atoms with Gasteiger partial charge in [-0.3, -0.25) is 14.5 Å². The second-order valence-corrected chi connectivity index (χ2v) is 4.71. The third-order valence-electron chi connectivity index (χ3n) is 3.37. The largest absolute Gasteiger partial charge is 0.339 e. The second kappa shape index (κ2) is 6.84. The van der Waals surface area contributed by atoms with Crippen molar-refractivity contribution in [3.05, 3.63) is 48.0 Å². The van der Waals surface area contributed by atoms with Gasteiger partial charge in [-0.2, -0.15) is 5.10 Å². The minimum atomic E-state index is 0.172. The van der Waals surface area contributed by atoms with E-state index in [2.05, 4.69) is 10.1 Å². The molecule has 2 rings (SSSR count). The van der Waals surface area contributed by atoms with Crippen LogP contribution in [0.3, 0.4) is 0 Å². The summed E-state index contributed by atoms with van der Waals surface area (Å²) in [6.45, 7) is 3.36. The zero-order chi connectivity index (χ0) is 14.4. The summed E-state index contributed by atoms with van der Waals surface area (Å²) in [7, 11) is 1.90. The molecule has 0 saturated carbocycles. The Morgan fingerprint density at radius 3 is 2.60 bits per heavy atom. The van der Waals surface area contributed by atoms with Crippen molar-refractivity contribution in [2.24, 2.45) is 7.05 Å². The van der Waals surface area contributed by atoms with Crippen LogP contribution in [0.1, 0.15) is 24.6 Å². The van der Waals surface area contributed by atoms with E-state index in [1.54, 1.807) is 18.6 Å². The maximum atomic E-state index is 12.3. The van der Waals surface area contributed by atoms with Crippen LogP contribution in [-0.2, 0) is 24.8 Å². The molecule has 0 atom stereocenters. The first-order chi connectivity index (χ1) is 9.70. The summed E-state index contributed by atoms with van der Waals surface area (Å²) in [5.41, 5.74) is 2.19. The van der Waals surface area contributed by atoms with E-state index in [1.807, 2.05) is 41.8 Å². The Kier molecular flexibility index (Phi) is 4.87. The van der Waals surface area contributed by atoms with Gasteiger partial charge in [-0.15, -0.1) is 0 Å². The third kappa shape index (κ3) is 3.66. The van der Waals surface area contributed by atoms with Crippen molar-refractivity contribution in [2.45, 2.75) is 26.3 Å². The molecule has 0 aliphatic heterocycles. The van der Waals surface area contributed by atoms with Crippen LogP contribution in [0.5, 0.6) is 0 Å². The maximum absolute atomic E-state index is 12.3. The fraction of sp³-hybridized carbons (Fsp3) is 0.400. The zero-order valence-electron chi connectivity index (χ0n) is 12.0. The molecule has 1 amide bonds. The minimum Gasteiger partial charge on any atom is -0.339 e. The van der Waals surface area contributed by atoms with Crippen molar-refractivity contribution in [1.82, 2.24) is 19.7 Å². The average Bonchev–Trinajstić information content (AvgIpc) is 2.88. The molecule has 0 unspecified atom stereocenters. The van der Waals surface area contributed by atoms with Crippen LogP contribution in [0.15, 0.2) is 36.8 Å². The summed E-state index contributed by atoms with van der Waals surface area (Å²) >= 11 is 0. The van der Waals surface area contributed by atoms with Crippen LogP contribution >= 0.6 is 0 Å². The molecule has 0 aliphatic rings. The SMILES string of the molecule is CCN(Cc1ccncc1)C(=O)CCc1ccnn1C. The molecule has 0 bridgehead atoms. The van der Waals surface area contributed by atoms with E-state index >= 15 is 0 Å². The van der Waals surface area contributed by atoms with E-state index in [1.165, 1.54) is 0 Å². The molecule has 2 aromatic rings. The highest BCUT2D eigenvalue weighted by Crippen LogP contribution is 2.08. The summed E-state index contributed by atoms with van der Waals surface area (Å²) < 4.78 is 1.81. The first kappa shape index (κ1) is 14.2. The van der Waals surface area contributed by atoms with E-state index in [9.17, 15) is 4.79 Å². The van der Waals surface area contributed by atoms with Gasteiger partial charge in [-0.05, 0) is 37.1 Å². The standard InChI is InChI=1S/C15H20N4O/c1-3-19(12-13-6-9-16-10-7-13)15(20)5-4-14-8-11-17-18(14)2/h6-11H,3-5,12H2,1-2H3. The molecule has 0 saturated heterocycles. The van der Waals surface area contributed by atoms with Gasteiger partial charge >= 0.3 is 0 Å². The maximum Gasteiger partial charge on any atom is 0.223 e. The van der Waals surface area contributed by atoms with Gasteiger partial charge in [0.05, 0.1) is 0 Å². The van der Waals surface area contributed by atoms with E-state index in [0.29, 0.717) is 19.5 Å². The number of carbonyl (C=O) groups is 1. The predicted molar refractivity (Wildman–Crippen MR) is 76.9 cm³/mol. The predicted octanol–water partition coefficient (Wildman–Crippen LogP) is 1.80. The molecule has 0 radical (unpaired) electrons. The number of carbonyl (C=O) groups excluding carboxylic acids is 1. The Morgan fingerprint density at radius 1 is 1.25 bits per heavy atom. The van der Waals surface area contributed by atoms with Gasteiger partial charge < -0.3 is 4.90 Å². The number of aryl methyl sites for hydroxylation is 2. The highest BCUT2D eigenvalue weighted by Gasteiger charge is 2.12. The van der Waals surface area contributed by atoms with E-state index in [-0.39, 0.29) is 5.91 Å². The highest BCUT2D eigenvalue weighted by atomic mass is 16.2. The highest BCUT2D eigenvalue weighted by molar-refractivity contribution is 5.76. The molecule has 5 nitrogen and oxygen atoms in total. The summed E-state index contributed by atoms with van der Waals surface area (Å²) in [6.07, 6.45) is 6.50. The Hall–Kier alpha value is -2.17. The van der Waals surface area contributed by atoms with Gasteiger partial charge in [0.1, 0.15) is 0 Å². The molecular weight excluding hydrogens is 252 g/mol. The summed E-state index contributed by atoms with van der Waals surface area (Å²) in [5.74, 6) is 0.172. The summed E-state index contributed by atoms with van der Waals surface area (Å²) in [5, 5.41) is 4.11. The van der Waals surface area contributed by atoms with Crippen LogP contribution in [-0.4, -0.2) is 32.1 Å². The Morgan fingerprint density at radius 2 is 2.00 bits per heavy atom. The number of amides is 1. The van der Waals surface area contributed by atoms with Gasteiger partial charge in [-0.25, -0.2) is 0 Å². The van der Waals surface area contributed by atoms with Crippen molar-refractivity contribution in [2.75, 3.05) is 6.54 Å². The summed E-state index contributed by atoms with van der Waals surface area (Å²) in [6, 6.07) is 5.83. The molecule has 2 heterocycles. The minimum absolute atomic E-state index is 0.172. The number of hydrogen-bond acceptors (Lipinski definition) is 3. The number of aromatic nitrogens is 3. The van der Waals surface area contributed by atoms with E-state index in [0.717, 1.165) is 17.7 Å². The Balaban J connectivity index is 1.91. The normalized spacial score (nSPS) is 10.5. The van der Waals surface area contributed by atoms with Gasteiger partial charge in [0.15, 0.2) is 0 Å². The lowest BCUT2D eigenvalue weighted by Gasteiger charge is -2.21. The monoisotopic (exact) mass is 272 g/mol. The number of pyridine rings is 1. The zero-order valence-corrected chi connectivity index (χ0v) is 12.0. The van der Waals surface area contributed by atoms with Crippen LogP contribution < -0.4 is 0 Å². The number of nitrogens with zero attached hydrogens (tertiary/aromatic N) is 4. The fourth-order valence-electron chi connectivity index (χ4n) is 2.12. The van der Waals surface area contributed by atoms with Crippen LogP contribution in [0.4, 0.5) is 0 Å². The molecular formula is C15H20N4O. The molecule has 0 N–H and O–H groups in total. The quantitative estimate of drug-likeness (QED) is 0.805. The Labute approximate surface area is 119 Å². The molecule has 106 valence electrons. The smallest absolute Gasteiger partial charge is 0.223 e. The van der Waals surface area contributed by atoms with Crippen molar-refractivity contribution >= 4 is 5.91 Å². The van der Waals surface area contributed by atoms with Gasteiger partial charge in [0, 0.05) is 50.8 Å². The molecule has 20 heavy (non-hydrogen) atoms. The molecule has 0 fully saturated rings. The van der Waals surface area contributed by atoms with Gasteiger partial charge in [0.2, 0.25) is 5.91 Å². The lowest BCUT2D eigenvalue weighted by Crippen LogP contribution is -2.30. The molecule has 2 aromatic heterocycles. The second-order valence-electron chi connectivity index (χ2n) is 4.71. The van der Waals surface area contributed by atoms with Crippen LogP contribution in [0.2, 0.25) is 0 Å². The Bertz CT molecular complexity index is 550. The van der Waals surface area contributed by atoms with Gasteiger partial charge in [-0.1, -0.05) is 0 Å². The third-order valence-corrected chi connectivity index (χ3v) is 3.37. The van der Waals surface area contributed by atoms with E-state index < -0.39 is 0 Å². The van der Waals surface area contributed by atoms with Gasteiger partial charge in [0.25, 0.3) is 0 Å². The van der Waals surface area contributed by atoms with Crippen LogP contribution in [0, 0.1) is 0 Å². The fourth-order valence-corrected chi connectivity index (χ4v) is 2.12. The van der Waals surface area contributed by atoms with E-state index in [4.69, 9.17) is 0 Å². The molecule has 0 spiro atoms. The molecule has 5 heteroatoms. The van der Waals surface area contributed by atoms with Crippen LogP contribution in [0.25, 0.3) is 0 Å². The van der Waals surface area contributed by atoms with Crippen molar-refractivity contribution < 1.29 is 4.79 Å². The van der Waals surface area contributed by atoms with Crippen molar-refractivity contribution in [3.8, 4) is 0 Å². The van der Waals surface area contributed by atoms with Crippen molar-refractivity contribution in [3.63, 3.8) is 0 Å². The number of rotatable bonds is 6.